The molecular formula is C19H20F3N7O. The zero-order valence-corrected chi connectivity index (χ0v) is 16.4. The number of nitrogens with zero attached hydrogens (tertiary/aromatic N) is 6. The number of ether oxygens (including phenoxy) is 1. The van der Waals surface area contributed by atoms with Crippen molar-refractivity contribution in [3.8, 4) is 17.1 Å². The largest absolute Gasteiger partial charge is 0.573 e. The minimum absolute atomic E-state index is 0.168. The van der Waals surface area contributed by atoms with Crippen molar-refractivity contribution in [2.45, 2.75) is 32.3 Å². The minimum atomic E-state index is -4.70. The quantitative estimate of drug-likeness (QED) is 0.680. The summed E-state index contributed by atoms with van der Waals surface area (Å²) in [5, 5.41) is 14.2. The molecule has 0 saturated carbocycles. The van der Waals surface area contributed by atoms with E-state index in [0.717, 1.165) is 23.4 Å². The van der Waals surface area contributed by atoms with Gasteiger partial charge in [0.2, 0.25) is 5.82 Å². The molecule has 1 fully saturated rings. The van der Waals surface area contributed by atoms with Crippen LogP contribution in [0, 0.1) is 0 Å². The molecule has 2 aromatic heterocycles. The molecule has 30 heavy (non-hydrogen) atoms. The van der Waals surface area contributed by atoms with Gasteiger partial charge in [0.25, 0.3) is 0 Å². The molecular weight excluding hydrogens is 399 g/mol. The Balaban J connectivity index is 1.51. The molecule has 0 atom stereocenters. The fraction of sp³-hybridized carbons (Fsp3) is 0.368. The van der Waals surface area contributed by atoms with Crippen LogP contribution in [-0.4, -0.2) is 55.6 Å². The highest BCUT2D eigenvalue weighted by Gasteiger charge is 2.37. The maximum absolute atomic E-state index is 12.4. The highest BCUT2D eigenvalue weighted by molar-refractivity contribution is 5.58. The maximum Gasteiger partial charge on any atom is 0.573 e. The molecule has 1 N–H and O–H groups in total. The average molecular weight is 419 g/mol. The predicted octanol–water partition coefficient (Wildman–Crippen LogP) is 3.22. The third-order valence-electron chi connectivity index (χ3n) is 5.07. The van der Waals surface area contributed by atoms with Gasteiger partial charge in [-0.05, 0) is 55.0 Å². The van der Waals surface area contributed by atoms with Crippen LogP contribution in [0.2, 0.25) is 0 Å². The number of rotatable bonds is 5. The normalized spacial score (nSPS) is 16.8. The van der Waals surface area contributed by atoms with Crippen LogP contribution in [0.1, 0.15) is 19.4 Å². The van der Waals surface area contributed by atoms with Crippen LogP contribution < -0.4 is 9.64 Å². The summed E-state index contributed by atoms with van der Waals surface area (Å²) in [5.74, 6) is 0.246. The molecule has 0 spiro atoms. The van der Waals surface area contributed by atoms with Gasteiger partial charge in [0.05, 0.1) is 6.67 Å². The van der Waals surface area contributed by atoms with Crippen molar-refractivity contribution < 1.29 is 17.9 Å². The molecule has 158 valence electrons. The van der Waals surface area contributed by atoms with E-state index in [9.17, 15) is 13.2 Å². The van der Waals surface area contributed by atoms with Gasteiger partial charge in [0.15, 0.2) is 0 Å². The molecule has 8 nitrogen and oxygen atoms in total. The van der Waals surface area contributed by atoms with Crippen molar-refractivity contribution in [3.05, 3.63) is 48.3 Å². The Bertz CT molecular complexity index is 990. The number of aromatic nitrogens is 5. The Morgan fingerprint density at radius 2 is 1.93 bits per heavy atom. The highest BCUT2D eigenvalue weighted by atomic mass is 19.4. The summed E-state index contributed by atoms with van der Waals surface area (Å²) in [6, 6.07) is 7.86. The number of H-pyrrole nitrogens is 1. The Labute approximate surface area is 170 Å². The Kier molecular flexibility index (Phi) is 5.06. The van der Waals surface area contributed by atoms with Gasteiger partial charge in [-0.2, -0.15) is 5.21 Å². The fourth-order valence-corrected chi connectivity index (χ4v) is 3.55. The van der Waals surface area contributed by atoms with E-state index in [1.165, 1.54) is 12.1 Å². The molecule has 0 aliphatic carbocycles. The van der Waals surface area contributed by atoms with Crippen LogP contribution in [0.5, 0.6) is 5.75 Å². The molecule has 0 bridgehead atoms. The lowest BCUT2D eigenvalue weighted by atomic mass is 10.0. The van der Waals surface area contributed by atoms with Gasteiger partial charge in [-0.3, -0.25) is 9.88 Å². The first-order valence-electron chi connectivity index (χ1n) is 9.24. The fourth-order valence-electron chi connectivity index (χ4n) is 3.55. The number of alkyl halides is 3. The van der Waals surface area contributed by atoms with E-state index >= 15 is 0 Å². The van der Waals surface area contributed by atoms with E-state index in [0.29, 0.717) is 19.0 Å². The molecule has 1 aromatic carbocycles. The van der Waals surface area contributed by atoms with Crippen molar-refractivity contribution in [3.63, 3.8) is 0 Å². The maximum atomic E-state index is 12.4. The number of halogens is 3. The second-order valence-corrected chi connectivity index (χ2v) is 7.66. The van der Waals surface area contributed by atoms with Gasteiger partial charge >= 0.3 is 6.36 Å². The van der Waals surface area contributed by atoms with Crippen LogP contribution in [0.4, 0.5) is 18.9 Å². The minimum Gasteiger partial charge on any atom is -0.406 e. The van der Waals surface area contributed by atoms with E-state index < -0.39 is 6.36 Å². The van der Waals surface area contributed by atoms with Gasteiger partial charge in [-0.15, -0.1) is 23.4 Å². The second kappa shape index (κ2) is 7.56. The van der Waals surface area contributed by atoms with Gasteiger partial charge in [-0.25, -0.2) is 0 Å². The van der Waals surface area contributed by atoms with Gasteiger partial charge in [-0.1, -0.05) is 0 Å². The SMILES string of the molecule is CC1(C)CN(c2ccc(OC(F)(F)F)cc2)CN1Cc1ccncc1-c1nn[nH]n1. The van der Waals surface area contributed by atoms with Crippen molar-refractivity contribution >= 4 is 5.69 Å². The molecule has 0 radical (unpaired) electrons. The third kappa shape index (κ3) is 4.35. The first kappa shape index (κ1) is 20.1. The van der Waals surface area contributed by atoms with E-state index in [-0.39, 0.29) is 11.3 Å². The molecule has 4 rings (SSSR count). The molecule has 11 heteroatoms. The molecule has 3 aromatic rings. The predicted molar refractivity (Wildman–Crippen MR) is 102 cm³/mol. The van der Waals surface area contributed by atoms with Crippen LogP contribution >= 0.6 is 0 Å². The zero-order chi connectivity index (χ0) is 21.4. The number of pyridine rings is 1. The summed E-state index contributed by atoms with van der Waals surface area (Å²) in [6.07, 6.45) is -1.27. The van der Waals surface area contributed by atoms with Crippen molar-refractivity contribution in [1.82, 2.24) is 30.5 Å². The molecule has 1 aliphatic heterocycles. The lowest BCUT2D eigenvalue weighted by Crippen LogP contribution is -2.39. The Morgan fingerprint density at radius 3 is 2.60 bits per heavy atom. The summed E-state index contributed by atoms with van der Waals surface area (Å²) in [7, 11) is 0. The lowest BCUT2D eigenvalue weighted by Gasteiger charge is -2.30. The standard InChI is InChI=1S/C19H20F3N7O/c1-18(2)11-28(14-3-5-15(6-4-14)30-19(20,21)22)12-29(18)10-13-7-8-23-9-16(13)17-24-26-27-25-17/h3-9H,10-12H2,1-2H3,(H,24,25,26,27). The van der Waals surface area contributed by atoms with Crippen LogP contribution in [0.15, 0.2) is 42.7 Å². The smallest absolute Gasteiger partial charge is 0.406 e. The summed E-state index contributed by atoms with van der Waals surface area (Å²) < 4.78 is 41.1. The van der Waals surface area contributed by atoms with Gasteiger partial charge in [0.1, 0.15) is 5.75 Å². The topological polar surface area (TPSA) is 83.1 Å². The second-order valence-electron chi connectivity index (χ2n) is 7.66. The van der Waals surface area contributed by atoms with Crippen molar-refractivity contribution in [2.24, 2.45) is 0 Å². The number of nitrogens with one attached hydrogen (secondary N) is 1. The molecule has 3 heterocycles. The van der Waals surface area contributed by atoms with Crippen LogP contribution in [0.3, 0.4) is 0 Å². The van der Waals surface area contributed by atoms with Crippen molar-refractivity contribution in [1.29, 1.82) is 0 Å². The summed E-state index contributed by atoms with van der Waals surface area (Å²) in [5.41, 5.74) is 2.47. The number of aromatic amines is 1. The summed E-state index contributed by atoms with van der Waals surface area (Å²) in [4.78, 5) is 8.57. The van der Waals surface area contributed by atoms with Crippen LogP contribution in [0.25, 0.3) is 11.4 Å². The molecule has 1 aliphatic rings. The molecule has 0 amide bonds. The number of hydrogen-bond donors (Lipinski definition) is 1. The zero-order valence-electron chi connectivity index (χ0n) is 16.4. The first-order valence-corrected chi connectivity index (χ1v) is 9.24. The Hall–Kier alpha value is -3.21. The summed E-state index contributed by atoms with van der Waals surface area (Å²) >= 11 is 0. The summed E-state index contributed by atoms with van der Waals surface area (Å²) in [6.45, 7) is 6.22. The molecule has 1 saturated heterocycles. The van der Waals surface area contributed by atoms with E-state index in [2.05, 4.69) is 54.0 Å². The molecule has 0 unspecified atom stereocenters. The van der Waals surface area contributed by atoms with E-state index in [1.54, 1.807) is 24.5 Å². The first-order chi connectivity index (χ1) is 14.2. The number of anilines is 1. The average Bonchev–Trinajstić information content (AvgIpc) is 3.30. The lowest BCUT2D eigenvalue weighted by molar-refractivity contribution is -0.274. The Morgan fingerprint density at radius 1 is 1.17 bits per heavy atom. The van der Waals surface area contributed by atoms with Crippen molar-refractivity contribution in [2.75, 3.05) is 18.1 Å². The van der Waals surface area contributed by atoms with Gasteiger partial charge in [0, 0.05) is 42.3 Å². The third-order valence-corrected chi connectivity index (χ3v) is 5.07. The number of tetrazole rings is 1. The van der Waals surface area contributed by atoms with E-state index in [4.69, 9.17) is 0 Å². The van der Waals surface area contributed by atoms with Crippen LogP contribution in [-0.2, 0) is 6.54 Å². The van der Waals surface area contributed by atoms with Gasteiger partial charge < -0.3 is 9.64 Å². The highest BCUT2D eigenvalue weighted by Crippen LogP contribution is 2.33. The number of benzene rings is 1. The number of hydrogen-bond acceptors (Lipinski definition) is 7. The monoisotopic (exact) mass is 419 g/mol. The van der Waals surface area contributed by atoms with E-state index in [1.807, 2.05) is 6.07 Å².